The molecule has 2 aromatic rings. The summed E-state index contributed by atoms with van der Waals surface area (Å²) in [6.07, 6.45) is 2.39. The molecule has 0 radical (unpaired) electrons. The largest absolute Gasteiger partial charge is 0.444 e. The molecule has 1 unspecified atom stereocenters. The van der Waals surface area contributed by atoms with Gasteiger partial charge in [-0.15, -0.1) is 0 Å². The van der Waals surface area contributed by atoms with E-state index in [2.05, 4.69) is 18.8 Å². The van der Waals surface area contributed by atoms with Gasteiger partial charge < -0.3 is 15.1 Å². The topological polar surface area (TPSA) is 72.4 Å². The molecule has 0 saturated carbocycles. The van der Waals surface area contributed by atoms with Crippen LogP contribution in [0, 0.1) is 11.7 Å². The van der Waals surface area contributed by atoms with Crippen molar-refractivity contribution >= 4 is 5.91 Å². The third-order valence-electron chi connectivity index (χ3n) is 4.06. The van der Waals surface area contributed by atoms with Crippen molar-refractivity contribution in [1.82, 2.24) is 9.88 Å². The van der Waals surface area contributed by atoms with Crippen LogP contribution in [0.5, 0.6) is 0 Å². The number of hydrogen-bond acceptors (Lipinski definition) is 4. The van der Waals surface area contributed by atoms with Crippen LogP contribution in [0.4, 0.5) is 4.39 Å². The van der Waals surface area contributed by atoms with Crippen molar-refractivity contribution in [2.75, 3.05) is 13.6 Å². The smallest absolute Gasteiger partial charge is 0.228 e. The molecule has 1 aromatic carbocycles. The van der Waals surface area contributed by atoms with E-state index in [9.17, 15) is 9.18 Å². The van der Waals surface area contributed by atoms with E-state index in [4.69, 9.17) is 10.2 Å². The van der Waals surface area contributed by atoms with Gasteiger partial charge in [0.25, 0.3) is 0 Å². The Hall–Kier alpha value is -2.21. The summed E-state index contributed by atoms with van der Waals surface area (Å²) in [6.45, 7) is 4.75. The number of amides is 1. The molecular weight excluding hydrogens is 309 g/mol. The van der Waals surface area contributed by atoms with Crippen molar-refractivity contribution in [2.24, 2.45) is 11.7 Å². The summed E-state index contributed by atoms with van der Waals surface area (Å²) in [7, 11) is 1.76. The molecule has 1 aromatic heterocycles. The summed E-state index contributed by atoms with van der Waals surface area (Å²) in [5.74, 6) is 0.413. The number of aromatic nitrogens is 1. The van der Waals surface area contributed by atoms with Crippen LogP contribution in [-0.4, -0.2) is 35.4 Å². The van der Waals surface area contributed by atoms with Crippen molar-refractivity contribution in [3.8, 4) is 11.5 Å². The van der Waals surface area contributed by atoms with E-state index < -0.39 is 0 Å². The summed E-state index contributed by atoms with van der Waals surface area (Å²) in [4.78, 5) is 18.2. The number of nitrogens with zero attached hydrogens (tertiary/aromatic N) is 2. The van der Waals surface area contributed by atoms with Crippen molar-refractivity contribution in [3.05, 3.63) is 42.0 Å². The van der Waals surface area contributed by atoms with Gasteiger partial charge in [-0.1, -0.05) is 13.8 Å². The molecule has 0 aliphatic rings. The van der Waals surface area contributed by atoms with Gasteiger partial charge in [-0.3, -0.25) is 4.79 Å². The standard InChI is InChI=1S/C18H24FN3O2/c1-12(2)16(20)8-9-22(3)17(23)10-15-11-24-18(21-15)13-4-6-14(19)7-5-13/h4-7,11-12,16H,8-10,20H2,1-3H3. The van der Waals surface area contributed by atoms with Crippen molar-refractivity contribution in [2.45, 2.75) is 32.7 Å². The van der Waals surface area contributed by atoms with Crippen LogP contribution in [0.2, 0.25) is 0 Å². The van der Waals surface area contributed by atoms with Crippen LogP contribution >= 0.6 is 0 Å². The fraction of sp³-hybridized carbons (Fsp3) is 0.444. The number of oxazole rings is 1. The van der Waals surface area contributed by atoms with Gasteiger partial charge in [0.15, 0.2) is 0 Å². The Morgan fingerprint density at radius 2 is 2.00 bits per heavy atom. The second-order valence-electron chi connectivity index (χ2n) is 6.34. The first-order chi connectivity index (χ1) is 11.4. The molecule has 0 bridgehead atoms. The minimum absolute atomic E-state index is 0.0371. The molecule has 0 saturated heterocycles. The molecule has 2 N–H and O–H groups in total. The van der Waals surface area contributed by atoms with Crippen LogP contribution in [0.15, 0.2) is 34.9 Å². The monoisotopic (exact) mass is 333 g/mol. The maximum absolute atomic E-state index is 12.9. The highest BCUT2D eigenvalue weighted by Crippen LogP contribution is 2.19. The number of nitrogens with two attached hydrogens (primary N) is 1. The molecule has 24 heavy (non-hydrogen) atoms. The van der Waals surface area contributed by atoms with Crippen LogP contribution < -0.4 is 5.73 Å². The number of benzene rings is 1. The van der Waals surface area contributed by atoms with E-state index in [-0.39, 0.29) is 24.2 Å². The van der Waals surface area contributed by atoms with Crippen LogP contribution in [0.25, 0.3) is 11.5 Å². The fourth-order valence-electron chi connectivity index (χ4n) is 2.20. The molecule has 0 fully saturated rings. The third kappa shape index (κ3) is 4.89. The average molecular weight is 333 g/mol. The molecule has 0 aliphatic carbocycles. The molecule has 1 heterocycles. The summed E-state index contributed by atoms with van der Waals surface area (Å²) < 4.78 is 18.3. The molecule has 5 nitrogen and oxygen atoms in total. The maximum atomic E-state index is 12.9. The number of halogens is 1. The lowest BCUT2D eigenvalue weighted by atomic mass is 10.0. The Labute approximate surface area is 141 Å². The lowest BCUT2D eigenvalue weighted by Gasteiger charge is -2.21. The van der Waals surface area contributed by atoms with Crippen LogP contribution in [0.3, 0.4) is 0 Å². The summed E-state index contributed by atoms with van der Waals surface area (Å²) in [5.41, 5.74) is 7.23. The lowest BCUT2D eigenvalue weighted by molar-refractivity contribution is -0.129. The van der Waals surface area contributed by atoms with Crippen molar-refractivity contribution < 1.29 is 13.6 Å². The molecular formula is C18H24FN3O2. The van der Waals surface area contributed by atoms with E-state index in [1.165, 1.54) is 18.4 Å². The Bertz CT molecular complexity index is 667. The Morgan fingerprint density at radius 3 is 2.62 bits per heavy atom. The van der Waals surface area contributed by atoms with Gasteiger partial charge in [-0.2, -0.15) is 0 Å². The molecule has 0 aliphatic heterocycles. The second-order valence-corrected chi connectivity index (χ2v) is 6.34. The van der Waals surface area contributed by atoms with Gasteiger partial charge in [0.1, 0.15) is 12.1 Å². The molecule has 6 heteroatoms. The molecule has 0 spiro atoms. The normalized spacial score (nSPS) is 12.4. The summed E-state index contributed by atoms with van der Waals surface area (Å²) in [5, 5.41) is 0. The first-order valence-electron chi connectivity index (χ1n) is 8.06. The minimum atomic E-state index is -0.318. The zero-order valence-electron chi connectivity index (χ0n) is 14.3. The van der Waals surface area contributed by atoms with E-state index in [0.29, 0.717) is 29.6 Å². The van der Waals surface area contributed by atoms with E-state index in [1.807, 2.05) is 0 Å². The lowest BCUT2D eigenvalue weighted by Crippen LogP contribution is -2.35. The number of rotatable bonds is 7. The number of carbonyl (C=O) groups is 1. The van der Waals surface area contributed by atoms with Crippen molar-refractivity contribution in [1.29, 1.82) is 0 Å². The average Bonchev–Trinajstić information content (AvgIpc) is 3.01. The first kappa shape index (κ1) is 18.1. The van der Waals surface area contributed by atoms with E-state index >= 15 is 0 Å². The molecule has 1 atom stereocenters. The molecule has 130 valence electrons. The quantitative estimate of drug-likeness (QED) is 0.845. The first-order valence-corrected chi connectivity index (χ1v) is 8.06. The number of hydrogen-bond donors (Lipinski definition) is 1. The van der Waals surface area contributed by atoms with Gasteiger partial charge in [-0.05, 0) is 36.6 Å². The molecule has 2 rings (SSSR count). The predicted molar refractivity (Wildman–Crippen MR) is 90.7 cm³/mol. The highest BCUT2D eigenvalue weighted by atomic mass is 19.1. The van der Waals surface area contributed by atoms with Crippen LogP contribution in [0.1, 0.15) is 26.0 Å². The SMILES string of the molecule is CC(C)C(N)CCN(C)C(=O)Cc1coc(-c2ccc(F)cc2)n1. The van der Waals surface area contributed by atoms with E-state index in [1.54, 1.807) is 24.1 Å². The van der Waals surface area contributed by atoms with Gasteiger partial charge in [-0.25, -0.2) is 9.37 Å². The third-order valence-corrected chi connectivity index (χ3v) is 4.06. The predicted octanol–water partition coefficient (Wildman–Crippen LogP) is 2.86. The van der Waals surface area contributed by atoms with Gasteiger partial charge in [0.05, 0.1) is 12.1 Å². The van der Waals surface area contributed by atoms with Gasteiger partial charge >= 0.3 is 0 Å². The van der Waals surface area contributed by atoms with Gasteiger partial charge in [0, 0.05) is 25.2 Å². The zero-order valence-corrected chi connectivity index (χ0v) is 14.3. The zero-order chi connectivity index (χ0) is 17.7. The molecule has 1 amide bonds. The number of likely N-dealkylation sites (N-methyl/N-ethyl adjacent to an activating group) is 1. The minimum Gasteiger partial charge on any atom is -0.444 e. The highest BCUT2D eigenvalue weighted by molar-refractivity contribution is 5.78. The Kier molecular flexibility index (Phi) is 6.09. The highest BCUT2D eigenvalue weighted by Gasteiger charge is 2.15. The van der Waals surface area contributed by atoms with Crippen LogP contribution in [-0.2, 0) is 11.2 Å². The van der Waals surface area contributed by atoms with Gasteiger partial charge in [0.2, 0.25) is 11.8 Å². The maximum Gasteiger partial charge on any atom is 0.228 e. The Morgan fingerprint density at radius 1 is 1.33 bits per heavy atom. The summed E-state index contributed by atoms with van der Waals surface area (Å²) >= 11 is 0. The number of carbonyl (C=O) groups excluding carboxylic acids is 1. The fourth-order valence-corrected chi connectivity index (χ4v) is 2.20. The second kappa shape index (κ2) is 8.06. The summed E-state index contributed by atoms with van der Waals surface area (Å²) in [6, 6.07) is 5.95. The van der Waals surface area contributed by atoms with Crippen molar-refractivity contribution in [3.63, 3.8) is 0 Å². The Balaban J connectivity index is 1.91. The van der Waals surface area contributed by atoms with E-state index in [0.717, 1.165) is 6.42 Å².